The molecule has 0 amide bonds. The van der Waals surface area contributed by atoms with E-state index in [1.807, 2.05) is 0 Å². The number of esters is 2. The molecule has 1 N–H and O–H groups in total. The van der Waals surface area contributed by atoms with Crippen molar-refractivity contribution in [3.63, 3.8) is 0 Å². The molecule has 7 aromatic rings. The molecule has 7 aromatic carbocycles. The Morgan fingerprint density at radius 3 is 1.02 bits per heavy atom. The molecule has 0 radical (unpaired) electrons. The van der Waals surface area contributed by atoms with E-state index in [9.17, 15) is 111 Å². The fourth-order valence-electron chi connectivity index (χ4n) is 13.1. The zero-order valence-electron chi connectivity index (χ0n) is 55.1. The second kappa shape index (κ2) is 32.1. The van der Waals surface area contributed by atoms with Crippen LogP contribution in [0.15, 0.2) is 163 Å². The van der Waals surface area contributed by atoms with Crippen LogP contribution in [0.2, 0.25) is 0 Å². The molecular weight excluding hydrogens is 1430 g/mol. The molecule has 104 heavy (non-hydrogen) atoms. The Morgan fingerprint density at radius 1 is 0.385 bits per heavy atom. The van der Waals surface area contributed by atoms with Gasteiger partial charge in [-0.3, -0.25) is 4.79 Å². The van der Waals surface area contributed by atoms with Crippen molar-refractivity contribution in [2.75, 3.05) is 14.2 Å². The lowest BCUT2D eigenvalue weighted by molar-refractivity contribution is -0.147. The largest absolute Gasteiger partial charge is 0.469 e. The summed E-state index contributed by atoms with van der Waals surface area (Å²) < 4.78 is 320. The second-order valence-corrected chi connectivity index (χ2v) is 25.0. The fourth-order valence-corrected chi connectivity index (χ4v) is 13.1. The first-order valence-electron chi connectivity index (χ1n) is 31.8. The number of methoxy groups -OCH3 is 2. The summed E-state index contributed by atoms with van der Waals surface area (Å²) in [6.45, 7) is 4.04. The van der Waals surface area contributed by atoms with Gasteiger partial charge in [0.25, 0.3) is 0 Å². The van der Waals surface area contributed by atoms with Gasteiger partial charge in [-0.05, 0) is 207 Å². The van der Waals surface area contributed by atoms with Crippen LogP contribution in [-0.4, -0.2) is 49.6 Å². The smallest absolute Gasteiger partial charge is 0.416 e. The lowest BCUT2D eigenvalue weighted by atomic mass is 9.69. The third-order valence-electron chi connectivity index (χ3n) is 18.2. The summed E-state index contributed by atoms with van der Waals surface area (Å²) in [5.41, 5.74) is -9.48. The van der Waals surface area contributed by atoms with Crippen LogP contribution in [0, 0.1) is 35.1 Å². The Hall–Kier alpha value is -8.48. The quantitative estimate of drug-likeness (QED) is 0.0754. The number of rotatable bonds is 16. The van der Waals surface area contributed by atoms with Crippen molar-refractivity contribution in [2.45, 2.75) is 150 Å². The molecule has 3 aliphatic rings. The highest BCUT2D eigenvalue weighted by molar-refractivity contribution is 5.89. The minimum Gasteiger partial charge on any atom is -0.469 e. The number of carbonyl (C=O) groups excluding carboxylic acids is 2. The van der Waals surface area contributed by atoms with E-state index >= 15 is 0 Å². The lowest BCUT2D eigenvalue weighted by Gasteiger charge is -2.40. The molecule has 2 saturated carbocycles. The highest BCUT2D eigenvalue weighted by atomic mass is 19.4. The molecule has 0 bridgehead atoms. The predicted octanol–water partition coefficient (Wildman–Crippen LogP) is 21.5. The highest BCUT2D eigenvalue weighted by Crippen LogP contribution is 2.55. The van der Waals surface area contributed by atoms with Crippen molar-refractivity contribution >= 4 is 11.9 Å². The Kier molecular flexibility index (Phi) is 25.0. The van der Waals surface area contributed by atoms with Crippen LogP contribution in [0.3, 0.4) is 0 Å². The monoisotopic (exact) mass is 1500 g/mol. The van der Waals surface area contributed by atoms with Gasteiger partial charge in [-0.25, -0.2) is 22.4 Å². The predicted molar refractivity (Wildman–Crippen MR) is 330 cm³/mol. The fraction of sp³-hybridized carbons (Fsp3) is 0.378. The zero-order chi connectivity index (χ0) is 77.0. The van der Waals surface area contributed by atoms with Crippen molar-refractivity contribution < 1.29 is 135 Å². The van der Waals surface area contributed by atoms with Crippen LogP contribution in [-0.2, 0) is 75.9 Å². The van der Waals surface area contributed by atoms with Gasteiger partial charge in [-0.15, -0.1) is 0 Å². The molecule has 2 fully saturated rings. The van der Waals surface area contributed by atoms with Gasteiger partial charge in [-0.2, -0.15) is 79.0 Å². The number of aliphatic hydroxyl groups is 1. The molecular formula is C74H64F22O8. The SMILES string of the molecule is COC(=O)C1=C[C@@H](O[C@H](C)c2cc(C(F)(F)F)cc(C(F)(F)F)c2)CC1.COC(=O)C1CC[C@H](O[C@H](C)c2cc(C(F)(F)F)cc(C(F)(F)F)c2)[C@H]1c1ccc(F)cc1.C[C@@H](O[C@H]1CCC(C(O)(c2ccc(F)cc2)c2ccc(F)cc2)[C@@H]1c1ccc(F)cc1)c1cc(C(F)(F)F)cc(C(F)(F)F)c1. The Morgan fingerprint density at radius 2 is 0.692 bits per heavy atom. The van der Waals surface area contributed by atoms with Gasteiger partial charge in [-0.1, -0.05) is 48.5 Å². The van der Waals surface area contributed by atoms with Crippen molar-refractivity contribution in [1.29, 1.82) is 0 Å². The van der Waals surface area contributed by atoms with E-state index in [2.05, 4.69) is 4.74 Å². The van der Waals surface area contributed by atoms with Crippen molar-refractivity contribution in [2.24, 2.45) is 11.8 Å². The normalized spacial score (nSPS) is 20.5. The van der Waals surface area contributed by atoms with Gasteiger partial charge in [0.2, 0.25) is 0 Å². The van der Waals surface area contributed by atoms with Crippen LogP contribution in [0.1, 0.15) is 162 Å². The van der Waals surface area contributed by atoms with Crippen LogP contribution in [0.25, 0.3) is 0 Å². The topological polar surface area (TPSA) is 101 Å². The van der Waals surface area contributed by atoms with Gasteiger partial charge >= 0.3 is 49.0 Å². The average molecular weight is 1500 g/mol. The van der Waals surface area contributed by atoms with E-state index in [4.69, 9.17) is 18.9 Å². The van der Waals surface area contributed by atoms with Crippen LogP contribution < -0.4 is 0 Å². The molecule has 3 aliphatic carbocycles. The Labute approximate surface area is 580 Å². The average Bonchev–Trinajstić information content (AvgIpc) is 1.46. The summed E-state index contributed by atoms with van der Waals surface area (Å²) in [6, 6.07) is 24.6. The molecule has 0 aromatic heterocycles. The molecule has 562 valence electrons. The number of halogens is 22. The van der Waals surface area contributed by atoms with E-state index in [0.29, 0.717) is 78.8 Å². The molecule has 0 saturated heterocycles. The molecule has 0 heterocycles. The molecule has 30 heteroatoms. The van der Waals surface area contributed by atoms with Gasteiger partial charge < -0.3 is 28.8 Å². The summed E-state index contributed by atoms with van der Waals surface area (Å²) in [6.07, 6.45) is -32.2. The summed E-state index contributed by atoms with van der Waals surface area (Å²) in [5.74, 6) is -6.09. The summed E-state index contributed by atoms with van der Waals surface area (Å²) in [5, 5.41) is 12.5. The maximum absolute atomic E-state index is 14.0. The van der Waals surface area contributed by atoms with Gasteiger partial charge in [0.1, 0.15) is 28.9 Å². The number of carbonyl (C=O) groups is 2. The van der Waals surface area contributed by atoms with Gasteiger partial charge in [0, 0.05) is 23.3 Å². The third-order valence-corrected chi connectivity index (χ3v) is 18.2. The number of ether oxygens (including phenoxy) is 5. The first kappa shape index (κ1) is 81.2. The molecule has 2 unspecified atom stereocenters. The zero-order valence-corrected chi connectivity index (χ0v) is 55.1. The minimum atomic E-state index is -5.05. The summed E-state index contributed by atoms with van der Waals surface area (Å²) >= 11 is 0. The summed E-state index contributed by atoms with van der Waals surface area (Å²) in [4.78, 5) is 23.7. The van der Waals surface area contributed by atoms with E-state index in [1.54, 1.807) is 0 Å². The first-order chi connectivity index (χ1) is 48.3. The van der Waals surface area contributed by atoms with Crippen LogP contribution >= 0.6 is 0 Å². The lowest BCUT2D eigenvalue weighted by Crippen LogP contribution is -2.39. The third kappa shape index (κ3) is 19.9. The molecule has 8 nitrogen and oxygen atoms in total. The molecule has 0 spiro atoms. The minimum absolute atomic E-state index is 0.0364. The standard InChI is InChI=1S/C34H27F9O2.C23H21F7O3.C17H16F6O3/c1-19(21-16-24(33(38,39)40)18-25(17-21)34(41,42)43)45-30-15-14-29(31(30)20-2-8-26(35)9-3-20)32(44,22-4-10-27(36)11-5-22)23-6-12-28(37)13-7-23;1-12(14-9-15(22(25,26)27)11-16(10-14)23(28,29)30)33-19-8-7-18(21(31)32-2)20(19)13-3-5-17(24)6-4-13;1-9(26-14-4-3-10(7-14)15(24)25-2)11-5-12(16(18,19)20)8-13(6-11)17(21,22)23/h2-13,16-19,29-31,44H,14-15H2,1H3;3-6,9-12,18-20H,7-8H2,1-2H3;5-9,14H,3-4H2,1-2H3/t19-,29?,30+,31+;12-,18?,19+,20+;9-,14+/m111/s1. The molecule has 0 aliphatic heterocycles. The van der Waals surface area contributed by atoms with Gasteiger partial charge in [0.05, 0.1) is 90.1 Å². The summed E-state index contributed by atoms with van der Waals surface area (Å²) in [7, 11) is 2.42. The second-order valence-electron chi connectivity index (χ2n) is 25.0. The van der Waals surface area contributed by atoms with E-state index in [0.717, 1.165) is 24.3 Å². The van der Waals surface area contributed by atoms with Crippen molar-refractivity contribution in [3.8, 4) is 0 Å². The number of hydrogen-bond acceptors (Lipinski definition) is 8. The molecule has 10 rings (SSSR count). The maximum atomic E-state index is 14.0. The number of alkyl halides is 18. The van der Waals surface area contributed by atoms with Crippen molar-refractivity contribution in [1.82, 2.24) is 0 Å². The highest BCUT2D eigenvalue weighted by Gasteiger charge is 2.52. The molecule has 10 atom stereocenters. The van der Waals surface area contributed by atoms with Crippen LogP contribution in [0.4, 0.5) is 96.6 Å². The first-order valence-corrected chi connectivity index (χ1v) is 31.8. The Bertz CT molecular complexity index is 3970. The number of hydrogen-bond donors (Lipinski definition) is 1. The van der Waals surface area contributed by atoms with Crippen molar-refractivity contribution in [3.05, 3.63) is 259 Å². The Balaban J connectivity index is 0.000000206. The van der Waals surface area contributed by atoms with Gasteiger partial charge in [0.15, 0.2) is 0 Å². The van der Waals surface area contributed by atoms with Crippen LogP contribution in [0.5, 0.6) is 0 Å². The van der Waals surface area contributed by atoms with E-state index in [1.165, 1.54) is 114 Å². The maximum Gasteiger partial charge on any atom is 0.416 e. The number of benzene rings is 7. The van der Waals surface area contributed by atoms with E-state index < -0.39 is 172 Å². The van der Waals surface area contributed by atoms with E-state index in [-0.39, 0.29) is 58.9 Å².